The summed E-state index contributed by atoms with van der Waals surface area (Å²) in [5, 5.41) is 0. The number of carbonyl (C=O) groups excluding carboxylic acids is 3. The highest BCUT2D eigenvalue weighted by atomic mass is 16.6. The molecular formula is C76H138O6. The Morgan fingerprint density at radius 3 is 0.768 bits per heavy atom. The number of carbonyl (C=O) groups is 3. The van der Waals surface area contributed by atoms with Crippen LogP contribution < -0.4 is 0 Å². The molecule has 0 saturated carbocycles. The fourth-order valence-corrected chi connectivity index (χ4v) is 10.8. The molecule has 0 heterocycles. The van der Waals surface area contributed by atoms with E-state index in [0.717, 1.165) is 89.9 Å². The number of allylic oxidation sites excluding steroid dienone is 10. The molecule has 0 spiro atoms. The van der Waals surface area contributed by atoms with Crippen LogP contribution in [0.2, 0.25) is 0 Å². The van der Waals surface area contributed by atoms with Crippen LogP contribution in [-0.4, -0.2) is 37.2 Å². The maximum absolute atomic E-state index is 13.0. The fourth-order valence-electron chi connectivity index (χ4n) is 10.8. The summed E-state index contributed by atoms with van der Waals surface area (Å²) in [6, 6.07) is 0. The van der Waals surface area contributed by atoms with Gasteiger partial charge in [0, 0.05) is 19.3 Å². The molecule has 0 aliphatic heterocycles. The topological polar surface area (TPSA) is 78.9 Å². The molecule has 0 bridgehead atoms. The molecule has 0 aliphatic carbocycles. The number of esters is 3. The van der Waals surface area contributed by atoms with E-state index >= 15 is 0 Å². The predicted octanol–water partition coefficient (Wildman–Crippen LogP) is 25.1. The van der Waals surface area contributed by atoms with Crippen molar-refractivity contribution in [1.82, 2.24) is 0 Å². The van der Waals surface area contributed by atoms with Crippen molar-refractivity contribution in [3.63, 3.8) is 0 Å². The van der Waals surface area contributed by atoms with Crippen LogP contribution in [0.5, 0.6) is 0 Å². The second-order valence-electron chi connectivity index (χ2n) is 24.5. The van der Waals surface area contributed by atoms with Crippen molar-refractivity contribution in [3.05, 3.63) is 60.8 Å². The van der Waals surface area contributed by atoms with Crippen molar-refractivity contribution >= 4 is 17.9 Å². The fraction of sp³-hybridized carbons (Fsp3) is 0.829. The lowest BCUT2D eigenvalue weighted by Crippen LogP contribution is -2.30. The third-order valence-corrected chi connectivity index (χ3v) is 16.3. The van der Waals surface area contributed by atoms with Crippen LogP contribution in [-0.2, 0) is 28.6 Å². The molecule has 0 aromatic heterocycles. The monoisotopic (exact) mass is 1150 g/mol. The first-order valence-corrected chi connectivity index (χ1v) is 36.3. The number of rotatable bonds is 67. The standard InChI is InChI=1S/C76H138O6/c1-4-7-10-13-16-19-22-25-27-29-31-33-34-35-36-37-38-39-40-41-42-43-45-46-48-51-54-57-60-63-66-69-75(78)81-72-73(71-80-74(77)68-65-62-59-56-53-50-24-21-18-15-12-9-6-3)82-76(79)70-67-64-61-58-55-52-49-47-44-32-30-28-26-23-20-17-14-11-8-5-2/h7,10,16,19,21,24-25,27,31,33,73H,4-6,8-9,11-15,17-18,20,22-23,26,28-30,32,34-72H2,1-3H3/b10-7-,19-16-,24-21-,27-25-,33-31-. The molecule has 0 N–H and O–H groups in total. The molecule has 0 saturated heterocycles. The van der Waals surface area contributed by atoms with E-state index in [0.29, 0.717) is 19.3 Å². The Bertz CT molecular complexity index is 1460. The Morgan fingerprint density at radius 2 is 0.476 bits per heavy atom. The predicted molar refractivity (Wildman–Crippen MR) is 358 cm³/mol. The molecule has 6 nitrogen and oxygen atoms in total. The Kier molecular flexibility index (Phi) is 68.1. The highest BCUT2D eigenvalue weighted by molar-refractivity contribution is 5.71. The van der Waals surface area contributed by atoms with Gasteiger partial charge in [0.25, 0.3) is 0 Å². The van der Waals surface area contributed by atoms with Crippen LogP contribution in [0.1, 0.15) is 387 Å². The van der Waals surface area contributed by atoms with Crippen molar-refractivity contribution in [1.29, 1.82) is 0 Å². The van der Waals surface area contributed by atoms with E-state index in [9.17, 15) is 14.4 Å². The van der Waals surface area contributed by atoms with Gasteiger partial charge in [0.2, 0.25) is 0 Å². The van der Waals surface area contributed by atoms with Crippen LogP contribution in [0.25, 0.3) is 0 Å². The smallest absolute Gasteiger partial charge is 0.306 e. The lowest BCUT2D eigenvalue weighted by Gasteiger charge is -2.18. The Morgan fingerprint density at radius 1 is 0.256 bits per heavy atom. The van der Waals surface area contributed by atoms with Gasteiger partial charge in [0.05, 0.1) is 0 Å². The van der Waals surface area contributed by atoms with Crippen molar-refractivity contribution in [2.75, 3.05) is 13.2 Å². The highest BCUT2D eigenvalue weighted by Gasteiger charge is 2.19. The lowest BCUT2D eigenvalue weighted by molar-refractivity contribution is -0.167. The van der Waals surface area contributed by atoms with Crippen LogP contribution in [0.4, 0.5) is 0 Å². The van der Waals surface area contributed by atoms with Crippen molar-refractivity contribution in [2.45, 2.75) is 393 Å². The lowest BCUT2D eigenvalue weighted by atomic mass is 10.0. The zero-order valence-electron chi connectivity index (χ0n) is 55.0. The summed E-state index contributed by atoms with van der Waals surface area (Å²) in [6.07, 6.45) is 91.2. The SMILES string of the molecule is CC/C=C\C/C=C\C/C=C\C/C=C\CCCCCCCCCCCCCCCCCCCCC(=O)OCC(COC(=O)CCCCCCC/C=C\CCCCCC)OC(=O)CCCCCCCCCCCCCCCCCCCCCC. The van der Waals surface area contributed by atoms with Crippen molar-refractivity contribution < 1.29 is 28.6 Å². The van der Waals surface area contributed by atoms with Gasteiger partial charge in [-0.1, -0.05) is 345 Å². The Labute approximate surface area is 510 Å². The first-order valence-electron chi connectivity index (χ1n) is 36.3. The van der Waals surface area contributed by atoms with E-state index in [4.69, 9.17) is 14.2 Å². The van der Waals surface area contributed by atoms with E-state index in [1.54, 1.807) is 0 Å². The first kappa shape index (κ1) is 79.1. The third-order valence-electron chi connectivity index (χ3n) is 16.3. The summed E-state index contributed by atoms with van der Waals surface area (Å²) in [6.45, 7) is 6.57. The van der Waals surface area contributed by atoms with Crippen LogP contribution in [0.15, 0.2) is 60.8 Å². The van der Waals surface area contributed by atoms with Crippen LogP contribution in [0, 0.1) is 0 Å². The van der Waals surface area contributed by atoms with Crippen LogP contribution >= 0.6 is 0 Å². The summed E-state index contributed by atoms with van der Waals surface area (Å²) in [4.78, 5) is 38.4. The molecule has 1 atom stereocenters. The largest absolute Gasteiger partial charge is 0.462 e. The van der Waals surface area contributed by atoms with Gasteiger partial charge >= 0.3 is 17.9 Å². The molecule has 1 unspecified atom stereocenters. The van der Waals surface area contributed by atoms with Gasteiger partial charge < -0.3 is 14.2 Å². The minimum atomic E-state index is -0.775. The molecule has 0 rings (SSSR count). The number of unbranched alkanes of at least 4 members (excludes halogenated alkanes) is 46. The maximum Gasteiger partial charge on any atom is 0.306 e. The zero-order valence-corrected chi connectivity index (χ0v) is 55.0. The normalized spacial score (nSPS) is 12.4. The van der Waals surface area contributed by atoms with Crippen LogP contribution in [0.3, 0.4) is 0 Å². The average Bonchev–Trinajstić information content (AvgIpc) is 3.47. The van der Waals surface area contributed by atoms with Gasteiger partial charge in [-0.05, 0) is 83.5 Å². The summed E-state index contributed by atoms with van der Waals surface area (Å²) in [5.41, 5.74) is 0. The number of hydrogen-bond donors (Lipinski definition) is 0. The van der Waals surface area contributed by atoms with E-state index < -0.39 is 6.10 Å². The summed E-state index contributed by atoms with van der Waals surface area (Å²) < 4.78 is 17.0. The molecule has 0 aromatic carbocycles. The van der Waals surface area contributed by atoms with E-state index in [1.165, 1.54) is 257 Å². The molecule has 0 aromatic rings. The maximum atomic E-state index is 13.0. The van der Waals surface area contributed by atoms with Gasteiger partial charge in [0.1, 0.15) is 13.2 Å². The molecule has 0 aliphatic rings. The van der Waals surface area contributed by atoms with Crippen molar-refractivity contribution in [2.24, 2.45) is 0 Å². The molecule has 82 heavy (non-hydrogen) atoms. The quantitative estimate of drug-likeness (QED) is 0.0261. The van der Waals surface area contributed by atoms with Gasteiger partial charge in [-0.25, -0.2) is 0 Å². The summed E-state index contributed by atoms with van der Waals surface area (Å²) in [7, 11) is 0. The van der Waals surface area contributed by atoms with Gasteiger partial charge in [-0.2, -0.15) is 0 Å². The second kappa shape index (κ2) is 70.6. The highest BCUT2D eigenvalue weighted by Crippen LogP contribution is 2.19. The van der Waals surface area contributed by atoms with E-state index in [2.05, 4.69) is 81.5 Å². The van der Waals surface area contributed by atoms with E-state index in [1.807, 2.05) is 0 Å². The molecule has 0 amide bonds. The third kappa shape index (κ3) is 67.9. The molecule has 0 fully saturated rings. The second-order valence-corrected chi connectivity index (χ2v) is 24.5. The molecule has 478 valence electrons. The van der Waals surface area contributed by atoms with E-state index in [-0.39, 0.29) is 31.1 Å². The van der Waals surface area contributed by atoms with Gasteiger partial charge in [0.15, 0.2) is 6.10 Å². The molecule has 6 heteroatoms. The number of hydrogen-bond acceptors (Lipinski definition) is 6. The average molecular weight is 1150 g/mol. The number of ether oxygens (including phenoxy) is 3. The van der Waals surface area contributed by atoms with Crippen molar-refractivity contribution in [3.8, 4) is 0 Å². The van der Waals surface area contributed by atoms with Gasteiger partial charge in [-0.15, -0.1) is 0 Å². The van der Waals surface area contributed by atoms with Gasteiger partial charge in [-0.3, -0.25) is 14.4 Å². The minimum absolute atomic E-state index is 0.0705. The summed E-state index contributed by atoms with van der Waals surface area (Å²) >= 11 is 0. The first-order chi connectivity index (χ1) is 40.5. The molecule has 0 radical (unpaired) electrons. The summed E-state index contributed by atoms with van der Waals surface area (Å²) in [5.74, 6) is -0.851. The zero-order chi connectivity index (χ0) is 59.2. The Balaban J connectivity index is 4.17. The molecular weight excluding hydrogens is 1010 g/mol. The minimum Gasteiger partial charge on any atom is -0.462 e. The Hall–Kier alpha value is -2.89.